The zero-order valence-corrected chi connectivity index (χ0v) is 13.4. The minimum Gasteiger partial charge on any atom is -0.364 e. The van der Waals surface area contributed by atoms with Crippen LogP contribution >= 0.6 is 0 Å². The highest BCUT2D eigenvalue weighted by Crippen LogP contribution is 2.16. The third-order valence-electron chi connectivity index (χ3n) is 2.80. The Kier molecular flexibility index (Phi) is 5.60. The van der Waals surface area contributed by atoms with Gasteiger partial charge in [0, 0.05) is 18.8 Å². The molecule has 1 aromatic carbocycles. The molecule has 0 aliphatic heterocycles. The summed E-state index contributed by atoms with van der Waals surface area (Å²) in [6.07, 6.45) is 0. The van der Waals surface area contributed by atoms with E-state index in [1.807, 2.05) is 0 Å². The van der Waals surface area contributed by atoms with Gasteiger partial charge in [0.15, 0.2) is 11.5 Å². The lowest BCUT2D eigenvalue weighted by Crippen LogP contribution is -2.34. The predicted octanol–water partition coefficient (Wildman–Crippen LogP) is -0.277. The van der Waals surface area contributed by atoms with Crippen molar-refractivity contribution in [3.8, 4) is 6.07 Å². The largest absolute Gasteiger partial charge is 0.364 e. The van der Waals surface area contributed by atoms with Crippen molar-refractivity contribution in [1.29, 1.82) is 10.7 Å². The number of nitrogens with one attached hydrogen (secondary N) is 4. The molecule has 6 N–H and O–H groups in total. The highest BCUT2D eigenvalue weighted by atomic mass is 32.2. The highest BCUT2D eigenvalue weighted by Gasteiger charge is 2.16. The molecule has 0 aliphatic rings. The van der Waals surface area contributed by atoms with Crippen molar-refractivity contribution in [2.24, 2.45) is 5.14 Å². The van der Waals surface area contributed by atoms with Crippen LogP contribution in [0.3, 0.4) is 0 Å². The van der Waals surface area contributed by atoms with Crippen LogP contribution in [-0.4, -0.2) is 37.7 Å². The predicted molar refractivity (Wildman–Crippen MR) is 85.5 cm³/mol. The molecular weight excluding hydrogens is 355 g/mol. The standard InChI is InChI=1S/C12H13FN8O3S/c13-9-2-1-8(5-7(9)6-14)19-11(15)10-12(21-24-20-10)17-3-4-18-25(16,22)23/h1-2,5,18H,3-4H2,(H2,15,19)(H,17,21)(H2,16,22,23). The second-order valence-corrected chi connectivity index (χ2v) is 6.01. The van der Waals surface area contributed by atoms with E-state index in [1.165, 1.54) is 12.1 Å². The van der Waals surface area contributed by atoms with Gasteiger partial charge >= 0.3 is 0 Å². The first-order valence-corrected chi connectivity index (χ1v) is 8.24. The molecule has 0 atom stereocenters. The minimum absolute atomic E-state index is 0.0124. The smallest absolute Gasteiger partial charge is 0.274 e. The molecule has 1 heterocycles. The summed E-state index contributed by atoms with van der Waals surface area (Å²) in [6.45, 7) is 0.0927. The maximum absolute atomic E-state index is 13.3. The van der Waals surface area contributed by atoms with E-state index in [9.17, 15) is 12.8 Å². The van der Waals surface area contributed by atoms with Crippen molar-refractivity contribution in [3.63, 3.8) is 0 Å². The number of nitrogens with zero attached hydrogens (tertiary/aromatic N) is 3. The molecule has 0 saturated carbocycles. The highest BCUT2D eigenvalue weighted by molar-refractivity contribution is 7.87. The summed E-state index contributed by atoms with van der Waals surface area (Å²) in [5.41, 5.74) is 0.134. The molecule has 0 radical (unpaired) electrons. The van der Waals surface area contributed by atoms with E-state index in [2.05, 4.69) is 30.3 Å². The van der Waals surface area contributed by atoms with E-state index < -0.39 is 16.0 Å². The number of benzene rings is 1. The molecule has 1 aromatic heterocycles. The fraction of sp³-hybridized carbons (Fsp3) is 0.167. The molecule has 11 nitrogen and oxygen atoms in total. The molecule has 0 aliphatic carbocycles. The molecular formula is C12H13FN8O3S. The van der Waals surface area contributed by atoms with Gasteiger partial charge in [-0.1, -0.05) is 0 Å². The maximum Gasteiger partial charge on any atom is 0.274 e. The molecule has 25 heavy (non-hydrogen) atoms. The summed E-state index contributed by atoms with van der Waals surface area (Å²) in [7, 11) is -3.80. The molecule has 0 unspecified atom stereocenters. The Balaban J connectivity index is 2.01. The second-order valence-electron chi connectivity index (χ2n) is 4.63. The summed E-state index contributed by atoms with van der Waals surface area (Å²) in [5.74, 6) is -0.803. The first-order chi connectivity index (χ1) is 11.8. The van der Waals surface area contributed by atoms with Gasteiger partial charge in [-0.15, -0.1) is 0 Å². The zero-order valence-electron chi connectivity index (χ0n) is 12.6. The Bertz CT molecular complexity index is 921. The fourth-order valence-electron chi connectivity index (χ4n) is 1.74. The Hall–Kier alpha value is -3.08. The summed E-state index contributed by atoms with van der Waals surface area (Å²) < 4.78 is 41.4. The third kappa shape index (κ3) is 5.21. The number of aromatic nitrogens is 2. The molecule has 0 saturated heterocycles. The molecule has 0 amide bonds. The summed E-state index contributed by atoms with van der Waals surface area (Å²) in [4.78, 5) is 0. The zero-order chi connectivity index (χ0) is 18.4. The number of anilines is 2. The van der Waals surface area contributed by atoms with E-state index in [0.717, 1.165) is 6.07 Å². The van der Waals surface area contributed by atoms with Crippen LogP contribution < -0.4 is 20.5 Å². The first-order valence-electron chi connectivity index (χ1n) is 6.69. The van der Waals surface area contributed by atoms with Crippen LogP contribution in [0.4, 0.5) is 15.9 Å². The number of rotatable bonds is 7. The van der Waals surface area contributed by atoms with Crippen molar-refractivity contribution < 1.29 is 17.4 Å². The van der Waals surface area contributed by atoms with Gasteiger partial charge in [0.05, 0.1) is 5.56 Å². The number of amidine groups is 1. The Labute approximate surface area is 141 Å². The van der Waals surface area contributed by atoms with Crippen LogP contribution in [-0.2, 0) is 10.2 Å². The summed E-state index contributed by atoms with van der Waals surface area (Å²) in [6, 6.07) is 5.37. The lowest BCUT2D eigenvalue weighted by atomic mass is 10.2. The average molecular weight is 368 g/mol. The maximum atomic E-state index is 13.3. The van der Waals surface area contributed by atoms with E-state index >= 15 is 0 Å². The lowest BCUT2D eigenvalue weighted by Gasteiger charge is -2.08. The van der Waals surface area contributed by atoms with Crippen LogP contribution in [0.25, 0.3) is 0 Å². The van der Waals surface area contributed by atoms with Gasteiger partial charge in [-0.2, -0.15) is 13.7 Å². The Morgan fingerprint density at radius 3 is 2.84 bits per heavy atom. The molecule has 0 spiro atoms. The average Bonchev–Trinajstić information content (AvgIpc) is 3.01. The molecule has 132 valence electrons. The van der Waals surface area contributed by atoms with E-state index in [-0.39, 0.29) is 36.0 Å². The van der Waals surface area contributed by atoms with Crippen LogP contribution in [0.5, 0.6) is 0 Å². The van der Waals surface area contributed by atoms with Crippen molar-refractivity contribution in [3.05, 3.63) is 35.3 Å². The van der Waals surface area contributed by atoms with Crippen LogP contribution in [0.15, 0.2) is 22.8 Å². The number of hydrogen-bond donors (Lipinski definition) is 5. The van der Waals surface area contributed by atoms with E-state index in [1.54, 1.807) is 6.07 Å². The second kappa shape index (κ2) is 7.66. The van der Waals surface area contributed by atoms with Crippen molar-refractivity contribution in [1.82, 2.24) is 15.0 Å². The van der Waals surface area contributed by atoms with Crippen LogP contribution in [0.2, 0.25) is 0 Å². The monoisotopic (exact) mass is 368 g/mol. The normalized spacial score (nSPS) is 10.9. The minimum atomic E-state index is -3.80. The van der Waals surface area contributed by atoms with Gasteiger partial charge in [-0.3, -0.25) is 5.41 Å². The van der Waals surface area contributed by atoms with Gasteiger partial charge in [0.2, 0.25) is 5.82 Å². The number of nitriles is 1. The van der Waals surface area contributed by atoms with Crippen LogP contribution in [0.1, 0.15) is 11.3 Å². The Morgan fingerprint density at radius 2 is 2.16 bits per heavy atom. The van der Waals surface area contributed by atoms with Gasteiger partial charge in [-0.05, 0) is 28.5 Å². The van der Waals surface area contributed by atoms with Gasteiger partial charge in [0.25, 0.3) is 10.2 Å². The number of halogens is 1. The quantitative estimate of drug-likeness (QED) is 0.251. The number of hydrogen-bond acceptors (Lipinski definition) is 8. The van der Waals surface area contributed by atoms with Crippen molar-refractivity contribution >= 4 is 27.6 Å². The molecule has 0 fully saturated rings. The van der Waals surface area contributed by atoms with Gasteiger partial charge < -0.3 is 10.6 Å². The van der Waals surface area contributed by atoms with Crippen molar-refractivity contribution in [2.75, 3.05) is 23.7 Å². The Morgan fingerprint density at radius 1 is 1.40 bits per heavy atom. The summed E-state index contributed by atoms with van der Waals surface area (Å²) >= 11 is 0. The summed E-state index contributed by atoms with van der Waals surface area (Å²) in [5, 5.41) is 34.0. The van der Waals surface area contributed by atoms with Crippen LogP contribution in [0, 0.1) is 22.6 Å². The topological polar surface area (TPSA) is 183 Å². The lowest BCUT2D eigenvalue weighted by molar-refractivity contribution is 0.308. The van der Waals surface area contributed by atoms with Crippen molar-refractivity contribution in [2.45, 2.75) is 0 Å². The van der Waals surface area contributed by atoms with Gasteiger partial charge in [0.1, 0.15) is 11.9 Å². The third-order valence-corrected chi connectivity index (χ3v) is 3.41. The SMILES string of the molecule is N#Cc1cc(NC(=N)c2nonc2NCCNS(N)(=O)=O)ccc1F. The molecule has 0 bridgehead atoms. The first kappa shape index (κ1) is 18.3. The van der Waals surface area contributed by atoms with Gasteiger partial charge in [-0.25, -0.2) is 18.9 Å². The van der Waals surface area contributed by atoms with E-state index in [0.29, 0.717) is 5.69 Å². The molecule has 2 rings (SSSR count). The molecule has 13 heteroatoms. The molecule has 2 aromatic rings. The number of nitrogens with two attached hydrogens (primary N) is 1. The van der Waals surface area contributed by atoms with E-state index in [4.69, 9.17) is 15.8 Å². The fourth-order valence-corrected chi connectivity index (χ4v) is 2.12.